The van der Waals surface area contributed by atoms with E-state index in [1.165, 1.54) is 0 Å². The number of fused-ring (bicyclic) bond motifs is 1. The summed E-state index contributed by atoms with van der Waals surface area (Å²) in [5, 5.41) is 10.1. The number of carbonyl (C=O) groups excluding carboxylic acids is 1. The SMILES string of the molecule is CC(C)[C@@H]1C[C@@]2(C)C(=CC1=O)[C@@H](O)CC[C@@H]2C. The largest absolute Gasteiger partial charge is 0.389 e. The van der Waals surface area contributed by atoms with Crippen molar-refractivity contribution in [3.05, 3.63) is 11.6 Å². The monoisotopic (exact) mass is 236 g/mol. The number of rotatable bonds is 1. The Morgan fingerprint density at radius 1 is 1.41 bits per heavy atom. The van der Waals surface area contributed by atoms with Crippen LogP contribution in [0.25, 0.3) is 0 Å². The molecule has 2 heteroatoms. The van der Waals surface area contributed by atoms with Gasteiger partial charge in [0.05, 0.1) is 6.10 Å². The molecule has 2 rings (SSSR count). The van der Waals surface area contributed by atoms with Crippen LogP contribution in [0.2, 0.25) is 0 Å². The maximum atomic E-state index is 12.1. The lowest BCUT2D eigenvalue weighted by Crippen LogP contribution is -2.45. The third-order valence-corrected chi connectivity index (χ3v) is 5.09. The third kappa shape index (κ3) is 1.97. The second-order valence-electron chi connectivity index (χ2n) is 6.47. The summed E-state index contributed by atoms with van der Waals surface area (Å²) in [5.74, 6) is 1.31. The van der Waals surface area contributed by atoms with E-state index in [-0.39, 0.29) is 17.1 Å². The summed E-state index contributed by atoms with van der Waals surface area (Å²) in [6, 6.07) is 0. The van der Waals surface area contributed by atoms with Crippen LogP contribution in [0.5, 0.6) is 0 Å². The summed E-state index contributed by atoms with van der Waals surface area (Å²) in [6.07, 6.45) is 4.14. The van der Waals surface area contributed by atoms with Gasteiger partial charge in [0.1, 0.15) is 0 Å². The van der Waals surface area contributed by atoms with E-state index >= 15 is 0 Å². The maximum absolute atomic E-state index is 12.1. The van der Waals surface area contributed by atoms with Gasteiger partial charge in [0, 0.05) is 5.92 Å². The van der Waals surface area contributed by atoms with Gasteiger partial charge in [-0.1, -0.05) is 27.7 Å². The molecular weight excluding hydrogens is 212 g/mol. The van der Waals surface area contributed by atoms with Gasteiger partial charge < -0.3 is 5.11 Å². The number of hydrogen-bond acceptors (Lipinski definition) is 2. The lowest BCUT2D eigenvalue weighted by Gasteiger charge is -2.48. The number of ketones is 1. The molecule has 0 unspecified atom stereocenters. The average Bonchev–Trinajstić information content (AvgIpc) is 2.26. The van der Waals surface area contributed by atoms with Crippen molar-refractivity contribution >= 4 is 5.78 Å². The Morgan fingerprint density at radius 3 is 2.65 bits per heavy atom. The molecule has 0 saturated heterocycles. The predicted octanol–water partition coefficient (Wildman–Crippen LogP) is 2.95. The quantitative estimate of drug-likeness (QED) is 0.760. The first-order valence-electron chi connectivity index (χ1n) is 6.80. The zero-order valence-corrected chi connectivity index (χ0v) is 11.4. The molecule has 17 heavy (non-hydrogen) atoms. The van der Waals surface area contributed by atoms with Gasteiger partial charge in [-0.3, -0.25) is 4.79 Å². The van der Waals surface area contributed by atoms with Gasteiger partial charge in [-0.15, -0.1) is 0 Å². The number of aliphatic hydroxyl groups excluding tert-OH is 1. The van der Waals surface area contributed by atoms with Gasteiger partial charge in [0.25, 0.3) is 0 Å². The van der Waals surface area contributed by atoms with Gasteiger partial charge in [-0.2, -0.15) is 0 Å². The van der Waals surface area contributed by atoms with Crippen molar-refractivity contribution in [2.75, 3.05) is 0 Å². The number of aliphatic hydroxyl groups is 1. The molecule has 1 fully saturated rings. The molecule has 0 aromatic carbocycles. The molecule has 2 nitrogen and oxygen atoms in total. The fourth-order valence-electron chi connectivity index (χ4n) is 3.51. The molecule has 0 bridgehead atoms. The van der Waals surface area contributed by atoms with Crippen LogP contribution in [0.1, 0.15) is 47.0 Å². The van der Waals surface area contributed by atoms with Crippen molar-refractivity contribution in [3.8, 4) is 0 Å². The Labute approximate surface area is 104 Å². The summed E-state index contributed by atoms with van der Waals surface area (Å²) in [4.78, 5) is 12.1. The standard InChI is InChI=1S/C15H24O2/c1-9(2)11-8-15(4)10(3)5-6-13(16)12(15)7-14(11)17/h7,9-11,13,16H,5-6,8H2,1-4H3/t10-,11-,13-,15+/m0/s1. The van der Waals surface area contributed by atoms with Crippen LogP contribution in [-0.4, -0.2) is 17.0 Å². The topological polar surface area (TPSA) is 37.3 Å². The Morgan fingerprint density at radius 2 is 2.06 bits per heavy atom. The highest BCUT2D eigenvalue weighted by atomic mass is 16.3. The zero-order chi connectivity index (χ0) is 12.8. The van der Waals surface area contributed by atoms with Gasteiger partial charge in [-0.05, 0) is 48.2 Å². The average molecular weight is 236 g/mol. The molecule has 1 N–H and O–H groups in total. The van der Waals surface area contributed by atoms with Crippen LogP contribution in [0.3, 0.4) is 0 Å². The lowest BCUT2D eigenvalue weighted by molar-refractivity contribution is -0.122. The van der Waals surface area contributed by atoms with E-state index in [1.807, 2.05) is 0 Å². The summed E-state index contributed by atoms with van der Waals surface area (Å²) in [5.41, 5.74) is 1.03. The van der Waals surface area contributed by atoms with E-state index in [1.54, 1.807) is 6.08 Å². The van der Waals surface area contributed by atoms with E-state index in [9.17, 15) is 9.90 Å². The van der Waals surface area contributed by atoms with Gasteiger partial charge in [-0.25, -0.2) is 0 Å². The van der Waals surface area contributed by atoms with Crippen molar-refractivity contribution in [2.45, 2.75) is 53.1 Å². The lowest BCUT2D eigenvalue weighted by atomic mass is 9.56. The van der Waals surface area contributed by atoms with Crippen LogP contribution in [0, 0.1) is 23.2 Å². The second-order valence-corrected chi connectivity index (χ2v) is 6.47. The minimum Gasteiger partial charge on any atom is -0.389 e. The fourth-order valence-corrected chi connectivity index (χ4v) is 3.51. The summed E-state index contributed by atoms with van der Waals surface area (Å²) in [7, 11) is 0. The molecule has 0 radical (unpaired) electrons. The molecule has 0 aromatic rings. The molecule has 0 aliphatic heterocycles. The molecule has 0 aromatic heterocycles. The van der Waals surface area contributed by atoms with E-state index in [4.69, 9.17) is 0 Å². The molecule has 0 spiro atoms. The molecule has 0 amide bonds. The van der Waals surface area contributed by atoms with Gasteiger partial charge in [0.15, 0.2) is 5.78 Å². The second kappa shape index (κ2) is 4.24. The number of hydrogen-bond donors (Lipinski definition) is 1. The first-order valence-corrected chi connectivity index (χ1v) is 6.80. The first kappa shape index (κ1) is 12.8. The molecule has 4 atom stereocenters. The zero-order valence-electron chi connectivity index (χ0n) is 11.4. The molecule has 1 saturated carbocycles. The Hall–Kier alpha value is -0.630. The Bertz CT molecular complexity index is 356. The highest BCUT2D eigenvalue weighted by Crippen LogP contribution is 2.52. The minimum absolute atomic E-state index is 0.0283. The van der Waals surface area contributed by atoms with E-state index in [0.29, 0.717) is 11.8 Å². The normalized spacial score (nSPS) is 42.4. The van der Waals surface area contributed by atoms with Crippen molar-refractivity contribution in [1.82, 2.24) is 0 Å². The smallest absolute Gasteiger partial charge is 0.159 e. The third-order valence-electron chi connectivity index (χ3n) is 5.09. The molecule has 2 aliphatic carbocycles. The maximum Gasteiger partial charge on any atom is 0.159 e. The minimum atomic E-state index is -0.395. The highest BCUT2D eigenvalue weighted by Gasteiger charge is 2.47. The van der Waals surface area contributed by atoms with Crippen LogP contribution < -0.4 is 0 Å². The Kier molecular flexibility index (Phi) is 3.19. The Balaban J connectivity index is 2.40. The summed E-state index contributed by atoms with van der Waals surface area (Å²) < 4.78 is 0. The van der Waals surface area contributed by atoms with Crippen molar-refractivity contribution in [1.29, 1.82) is 0 Å². The van der Waals surface area contributed by atoms with Crippen molar-refractivity contribution < 1.29 is 9.90 Å². The predicted molar refractivity (Wildman–Crippen MR) is 68.5 cm³/mol. The van der Waals surface area contributed by atoms with Crippen molar-refractivity contribution in [3.63, 3.8) is 0 Å². The fraction of sp³-hybridized carbons (Fsp3) is 0.800. The number of allylic oxidation sites excluding steroid dienone is 1. The van der Waals surface area contributed by atoms with Crippen LogP contribution in [-0.2, 0) is 4.79 Å². The van der Waals surface area contributed by atoms with E-state index in [0.717, 1.165) is 24.8 Å². The van der Waals surface area contributed by atoms with Gasteiger partial charge >= 0.3 is 0 Å². The van der Waals surface area contributed by atoms with Crippen LogP contribution in [0.15, 0.2) is 11.6 Å². The summed E-state index contributed by atoms with van der Waals surface area (Å²) >= 11 is 0. The number of carbonyl (C=O) groups is 1. The molecule has 0 heterocycles. The molecule has 2 aliphatic rings. The van der Waals surface area contributed by atoms with E-state index < -0.39 is 6.10 Å². The van der Waals surface area contributed by atoms with Crippen LogP contribution >= 0.6 is 0 Å². The molecule has 96 valence electrons. The van der Waals surface area contributed by atoms with Gasteiger partial charge in [0.2, 0.25) is 0 Å². The van der Waals surface area contributed by atoms with Crippen molar-refractivity contribution in [2.24, 2.45) is 23.2 Å². The summed E-state index contributed by atoms with van der Waals surface area (Å²) in [6.45, 7) is 8.73. The highest BCUT2D eigenvalue weighted by molar-refractivity contribution is 5.94. The van der Waals surface area contributed by atoms with Crippen LogP contribution in [0.4, 0.5) is 0 Å². The first-order chi connectivity index (χ1) is 7.86. The molecular formula is C15H24O2. The van der Waals surface area contributed by atoms with E-state index in [2.05, 4.69) is 27.7 Å².